The number of hydrogen-bond acceptors (Lipinski definition) is 4. The molecule has 2 heterocycles. The standard InChI is InChI=1S/C17H17FN6O/c1-10-4-5-13(7-14(10)18)21-17(25)22-15-8-16(20-9-19-15)24-12(3)6-11(2)23-24/h4-9H,1-3H3,(H2,19,20,21,22,25). The average molecular weight is 340 g/mol. The highest BCUT2D eigenvalue weighted by Crippen LogP contribution is 2.15. The van der Waals surface area contributed by atoms with E-state index in [4.69, 9.17) is 0 Å². The normalized spacial score (nSPS) is 10.6. The first-order valence-electron chi connectivity index (χ1n) is 7.62. The molecule has 3 aromatic rings. The number of carbonyl (C=O) groups is 1. The fourth-order valence-electron chi connectivity index (χ4n) is 2.34. The lowest BCUT2D eigenvalue weighted by Crippen LogP contribution is -2.20. The van der Waals surface area contributed by atoms with E-state index in [1.807, 2.05) is 19.9 Å². The number of urea groups is 1. The quantitative estimate of drug-likeness (QED) is 0.765. The number of amides is 2. The highest BCUT2D eigenvalue weighted by Gasteiger charge is 2.09. The van der Waals surface area contributed by atoms with Gasteiger partial charge in [0.1, 0.15) is 18.0 Å². The van der Waals surface area contributed by atoms with Crippen molar-refractivity contribution in [3.63, 3.8) is 0 Å². The summed E-state index contributed by atoms with van der Waals surface area (Å²) in [4.78, 5) is 20.3. The monoisotopic (exact) mass is 340 g/mol. The second-order valence-corrected chi connectivity index (χ2v) is 5.64. The fraction of sp³-hybridized carbons (Fsp3) is 0.176. The zero-order valence-electron chi connectivity index (χ0n) is 14.0. The molecule has 7 nitrogen and oxygen atoms in total. The molecule has 8 heteroatoms. The molecule has 0 spiro atoms. The minimum atomic E-state index is -0.527. The van der Waals surface area contributed by atoms with Gasteiger partial charge in [0, 0.05) is 17.4 Å². The SMILES string of the molecule is Cc1cc(C)n(-c2cc(NC(=O)Nc3ccc(C)c(F)c3)ncn2)n1. The van der Waals surface area contributed by atoms with Crippen LogP contribution in [0.2, 0.25) is 0 Å². The number of hydrogen-bond donors (Lipinski definition) is 2. The Bertz CT molecular complexity index is 937. The molecule has 0 saturated heterocycles. The van der Waals surface area contributed by atoms with Crippen LogP contribution >= 0.6 is 0 Å². The van der Waals surface area contributed by atoms with Gasteiger partial charge in [-0.15, -0.1) is 0 Å². The van der Waals surface area contributed by atoms with Crippen molar-refractivity contribution in [3.05, 3.63) is 59.4 Å². The van der Waals surface area contributed by atoms with Gasteiger partial charge in [0.15, 0.2) is 5.82 Å². The van der Waals surface area contributed by atoms with Crippen molar-refractivity contribution in [2.45, 2.75) is 20.8 Å². The molecule has 0 unspecified atom stereocenters. The number of carbonyl (C=O) groups excluding carboxylic acids is 1. The van der Waals surface area contributed by atoms with Gasteiger partial charge in [-0.1, -0.05) is 6.07 Å². The lowest BCUT2D eigenvalue weighted by Gasteiger charge is -2.09. The first-order valence-corrected chi connectivity index (χ1v) is 7.62. The second-order valence-electron chi connectivity index (χ2n) is 5.64. The molecular formula is C17H17FN6O. The lowest BCUT2D eigenvalue weighted by atomic mass is 10.2. The zero-order valence-corrected chi connectivity index (χ0v) is 14.0. The summed E-state index contributed by atoms with van der Waals surface area (Å²) in [6.07, 6.45) is 1.34. The molecule has 0 bridgehead atoms. The number of nitrogens with one attached hydrogen (secondary N) is 2. The number of rotatable bonds is 3. The zero-order chi connectivity index (χ0) is 18.0. The number of anilines is 2. The Kier molecular flexibility index (Phi) is 4.42. The van der Waals surface area contributed by atoms with Crippen LogP contribution in [0.25, 0.3) is 5.82 Å². The summed E-state index contributed by atoms with van der Waals surface area (Å²) in [5, 5.41) is 9.50. The van der Waals surface area contributed by atoms with Crippen LogP contribution < -0.4 is 10.6 Å². The first kappa shape index (κ1) is 16.6. The van der Waals surface area contributed by atoms with Gasteiger partial charge in [-0.3, -0.25) is 5.32 Å². The van der Waals surface area contributed by atoms with Crippen LogP contribution in [0.5, 0.6) is 0 Å². The molecule has 1 aromatic carbocycles. The van der Waals surface area contributed by atoms with E-state index in [9.17, 15) is 9.18 Å². The van der Waals surface area contributed by atoms with Gasteiger partial charge in [-0.05, 0) is 44.5 Å². The van der Waals surface area contributed by atoms with E-state index in [0.717, 1.165) is 11.4 Å². The van der Waals surface area contributed by atoms with E-state index in [2.05, 4.69) is 25.7 Å². The van der Waals surface area contributed by atoms with Crippen molar-refractivity contribution in [1.29, 1.82) is 0 Å². The fourth-order valence-corrected chi connectivity index (χ4v) is 2.34. The third-order valence-corrected chi connectivity index (χ3v) is 3.55. The van der Waals surface area contributed by atoms with Gasteiger partial charge < -0.3 is 5.32 Å². The molecule has 128 valence electrons. The highest BCUT2D eigenvalue weighted by atomic mass is 19.1. The molecule has 0 aliphatic rings. The number of aryl methyl sites for hydroxylation is 3. The summed E-state index contributed by atoms with van der Waals surface area (Å²) in [6, 6.07) is 7.48. The van der Waals surface area contributed by atoms with Crippen molar-refractivity contribution >= 4 is 17.5 Å². The third kappa shape index (κ3) is 3.79. The van der Waals surface area contributed by atoms with Crippen LogP contribution in [0.15, 0.2) is 36.7 Å². The Morgan fingerprint density at radius 3 is 2.56 bits per heavy atom. The van der Waals surface area contributed by atoms with Crippen LogP contribution in [-0.2, 0) is 0 Å². The van der Waals surface area contributed by atoms with E-state index < -0.39 is 6.03 Å². The summed E-state index contributed by atoms with van der Waals surface area (Å²) in [6.45, 7) is 5.45. The number of halogens is 1. The predicted molar refractivity (Wildman–Crippen MR) is 92.4 cm³/mol. The number of benzene rings is 1. The maximum Gasteiger partial charge on any atom is 0.324 e. The van der Waals surface area contributed by atoms with E-state index >= 15 is 0 Å². The maximum absolute atomic E-state index is 13.5. The Morgan fingerprint density at radius 2 is 1.88 bits per heavy atom. The molecular weight excluding hydrogens is 323 g/mol. The summed E-state index contributed by atoms with van der Waals surface area (Å²) < 4.78 is 15.2. The molecule has 0 aliphatic heterocycles. The summed E-state index contributed by atoms with van der Waals surface area (Å²) in [5.41, 5.74) is 2.65. The molecule has 25 heavy (non-hydrogen) atoms. The molecule has 2 amide bonds. The number of nitrogens with zero attached hydrogens (tertiary/aromatic N) is 4. The third-order valence-electron chi connectivity index (χ3n) is 3.55. The second kappa shape index (κ2) is 6.68. The summed E-state index contributed by atoms with van der Waals surface area (Å²) in [7, 11) is 0. The highest BCUT2D eigenvalue weighted by molar-refractivity contribution is 5.99. The Labute approximate surface area is 143 Å². The van der Waals surface area contributed by atoms with Gasteiger partial charge in [-0.25, -0.2) is 23.8 Å². The van der Waals surface area contributed by atoms with E-state index in [-0.39, 0.29) is 5.82 Å². The Hall–Kier alpha value is -3.29. The van der Waals surface area contributed by atoms with Crippen molar-refractivity contribution in [2.75, 3.05) is 10.6 Å². The van der Waals surface area contributed by atoms with Gasteiger partial charge in [0.05, 0.1) is 5.69 Å². The summed E-state index contributed by atoms with van der Waals surface area (Å²) in [5.74, 6) is 0.464. The smallest absolute Gasteiger partial charge is 0.308 e. The average Bonchev–Trinajstić information content (AvgIpc) is 2.90. The van der Waals surface area contributed by atoms with Crippen molar-refractivity contribution in [1.82, 2.24) is 19.7 Å². The van der Waals surface area contributed by atoms with Gasteiger partial charge >= 0.3 is 6.03 Å². The number of aromatic nitrogens is 4. The van der Waals surface area contributed by atoms with Crippen LogP contribution in [0.3, 0.4) is 0 Å². The molecule has 2 N–H and O–H groups in total. The van der Waals surface area contributed by atoms with E-state index in [1.165, 1.54) is 12.4 Å². The van der Waals surface area contributed by atoms with Gasteiger partial charge in [0.25, 0.3) is 0 Å². The minimum absolute atomic E-state index is 0.308. The van der Waals surface area contributed by atoms with E-state index in [1.54, 1.807) is 29.8 Å². The van der Waals surface area contributed by atoms with Crippen LogP contribution in [0, 0.1) is 26.6 Å². The molecule has 0 radical (unpaired) electrons. The molecule has 0 saturated carbocycles. The largest absolute Gasteiger partial charge is 0.324 e. The molecule has 3 rings (SSSR count). The van der Waals surface area contributed by atoms with Gasteiger partial charge in [0.2, 0.25) is 0 Å². The van der Waals surface area contributed by atoms with Crippen LogP contribution in [0.1, 0.15) is 17.0 Å². The van der Waals surface area contributed by atoms with E-state index in [0.29, 0.717) is 22.9 Å². The molecule has 0 fully saturated rings. The topological polar surface area (TPSA) is 84.7 Å². The lowest BCUT2D eigenvalue weighted by molar-refractivity contribution is 0.262. The molecule has 0 aliphatic carbocycles. The van der Waals surface area contributed by atoms with Crippen molar-refractivity contribution in [3.8, 4) is 5.82 Å². The van der Waals surface area contributed by atoms with Crippen molar-refractivity contribution in [2.24, 2.45) is 0 Å². The maximum atomic E-state index is 13.5. The molecule has 2 aromatic heterocycles. The first-order chi connectivity index (χ1) is 11.9. The van der Waals surface area contributed by atoms with Crippen LogP contribution in [0.4, 0.5) is 20.7 Å². The predicted octanol–water partition coefficient (Wildman–Crippen LogP) is 3.37. The molecule has 0 atom stereocenters. The van der Waals surface area contributed by atoms with Crippen LogP contribution in [-0.4, -0.2) is 25.8 Å². The van der Waals surface area contributed by atoms with Crippen molar-refractivity contribution < 1.29 is 9.18 Å². The Balaban J connectivity index is 1.74. The minimum Gasteiger partial charge on any atom is -0.308 e. The van der Waals surface area contributed by atoms with Gasteiger partial charge in [-0.2, -0.15) is 5.10 Å². The summed E-state index contributed by atoms with van der Waals surface area (Å²) >= 11 is 0. The Morgan fingerprint density at radius 1 is 1.08 bits per heavy atom.